The fraction of sp³-hybridized carbons (Fsp3) is 0.933. The first kappa shape index (κ1) is 16.4. The van der Waals surface area contributed by atoms with E-state index in [-0.39, 0.29) is 17.9 Å². The van der Waals surface area contributed by atoms with Crippen molar-refractivity contribution in [2.75, 3.05) is 20.1 Å². The fourth-order valence-corrected chi connectivity index (χ4v) is 2.67. The Hall–Kier alpha value is -0.610. The number of nitrogens with two attached hydrogens (primary N) is 1. The number of rotatable bonds is 7. The topological polar surface area (TPSA) is 58.4 Å². The van der Waals surface area contributed by atoms with E-state index in [1.165, 1.54) is 32.1 Å². The molecule has 4 heteroatoms. The SMILES string of the molecule is CC(C)[C@@H](N)C(=O)NCCCN(C)C1CCCCC1. The number of nitrogens with one attached hydrogen (secondary N) is 1. The Labute approximate surface area is 118 Å². The summed E-state index contributed by atoms with van der Waals surface area (Å²) >= 11 is 0. The Morgan fingerprint density at radius 1 is 1.32 bits per heavy atom. The second-order valence-corrected chi connectivity index (χ2v) is 6.19. The normalized spacial score (nSPS) is 18.8. The molecular weight excluding hydrogens is 238 g/mol. The lowest BCUT2D eigenvalue weighted by atomic mass is 9.94. The molecule has 0 aliphatic heterocycles. The van der Waals surface area contributed by atoms with Gasteiger partial charge in [0.2, 0.25) is 5.91 Å². The van der Waals surface area contributed by atoms with Gasteiger partial charge in [0.25, 0.3) is 0 Å². The van der Waals surface area contributed by atoms with Gasteiger partial charge in [-0.3, -0.25) is 4.79 Å². The smallest absolute Gasteiger partial charge is 0.237 e. The predicted molar refractivity (Wildman–Crippen MR) is 79.9 cm³/mol. The van der Waals surface area contributed by atoms with Gasteiger partial charge in [-0.2, -0.15) is 0 Å². The third-order valence-electron chi connectivity index (χ3n) is 4.21. The number of nitrogens with zero attached hydrogens (tertiary/aromatic N) is 1. The van der Waals surface area contributed by atoms with Gasteiger partial charge in [0.05, 0.1) is 6.04 Å². The molecule has 0 heterocycles. The molecule has 0 spiro atoms. The van der Waals surface area contributed by atoms with Gasteiger partial charge < -0.3 is 16.0 Å². The Bertz CT molecular complexity index is 262. The lowest BCUT2D eigenvalue weighted by Gasteiger charge is -2.31. The lowest BCUT2D eigenvalue weighted by molar-refractivity contribution is -0.123. The predicted octanol–water partition coefficient (Wildman–Crippen LogP) is 1.74. The molecule has 0 radical (unpaired) electrons. The summed E-state index contributed by atoms with van der Waals surface area (Å²) in [6.45, 7) is 5.74. The molecular formula is C15H31N3O. The average Bonchev–Trinajstić information content (AvgIpc) is 2.43. The van der Waals surface area contributed by atoms with Crippen molar-refractivity contribution in [1.29, 1.82) is 0 Å². The van der Waals surface area contributed by atoms with Crippen molar-refractivity contribution in [3.63, 3.8) is 0 Å². The summed E-state index contributed by atoms with van der Waals surface area (Å²) in [5.41, 5.74) is 5.80. The molecule has 3 N–H and O–H groups in total. The van der Waals surface area contributed by atoms with Crippen molar-refractivity contribution >= 4 is 5.91 Å². The molecule has 1 aliphatic rings. The van der Waals surface area contributed by atoms with Crippen molar-refractivity contribution in [1.82, 2.24) is 10.2 Å². The maximum atomic E-state index is 11.7. The number of amides is 1. The summed E-state index contributed by atoms with van der Waals surface area (Å²) in [5.74, 6) is 0.181. The highest BCUT2D eigenvalue weighted by Crippen LogP contribution is 2.21. The van der Waals surface area contributed by atoms with E-state index in [4.69, 9.17) is 5.73 Å². The lowest BCUT2D eigenvalue weighted by Crippen LogP contribution is -2.44. The molecule has 1 fully saturated rings. The van der Waals surface area contributed by atoms with Crippen LogP contribution in [0.25, 0.3) is 0 Å². The van der Waals surface area contributed by atoms with Crippen LogP contribution in [0.2, 0.25) is 0 Å². The standard InChI is InChI=1S/C15H31N3O/c1-12(2)14(16)15(19)17-10-7-11-18(3)13-8-5-4-6-9-13/h12-14H,4-11,16H2,1-3H3,(H,17,19)/t14-/m1/s1. The highest BCUT2D eigenvalue weighted by Gasteiger charge is 2.18. The van der Waals surface area contributed by atoms with Gasteiger partial charge in [-0.15, -0.1) is 0 Å². The van der Waals surface area contributed by atoms with Gasteiger partial charge in [0.1, 0.15) is 0 Å². The highest BCUT2D eigenvalue weighted by molar-refractivity contribution is 5.81. The summed E-state index contributed by atoms with van der Waals surface area (Å²) in [6.07, 6.45) is 7.81. The maximum Gasteiger partial charge on any atom is 0.237 e. The van der Waals surface area contributed by atoms with Crippen molar-refractivity contribution < 1.29 is 4.79 Å². The van der Waals surface area contributed by atoms with Gasteiger partial charge in [-0.25, -0.2) is 0 Å². The Morgan fingerprint density at radius 3 is 2.53 bits per heavy atom. The zero-order chi connectivity index (χ0) is 14.3. The molecule has 0 aromatic heterocycles. The van der Waals surface area contributed by atoms with Gasteiger partial charge >= 0.3 is 0 Å². The molecule has 4 nitrogen and oxygen atoms in total. The number of carbonyl (C=O) groups is 1. The minimum Gasteiger partial charge on any atom is -0.355 e. The molecule has 0 saturated heterocycles. The van der Waals surface area contributed by atoms with Crippen LogP contribution in [0.3, 0.4) is 0 Å². The molecule has 0 aromatic rings. The van der Waals surface area contributed by atoms with Crippen molar-refractivity contribution in [2.24, 2.45) is 11.7 Å². The van der Waals surface area contributed by atoms with Gasteiger partial charge in [0.15, 0.2) is 0 Å². The van der Waals surface area contributed by atoms with E-state index >= 15 is 0 Å². The van der Waals surface area contributed by atoms with Crippen LogP contribution in [0.15, 0.2) is 0 Å². The first-order valence-electron chi connectivity index (χ1n) is 7.76. The number of hydrogen-bond donors (Lipinski definition) is 2. The largest absolute Gasteiger partial charge is 0.355 e. The van der Waals surface area contributed by atoms with Crippen LogP contribution in [-0.2, 0) is 4.79 Å². The minimum atomic E-state index is -0.379. The number of hydrogen-bond acceptors (Lipinski definition) is 3. The van der Waals surface area contributed by atoms with E-state index in [0.717, 1.165) is 25.6 Å². The van der Waals surface area contributed by atoms with Crippen LogP contribution in [0.4, 0.5) is 0 Å². The zero-order valence-electron chi connectivity index (χ0n) is 12.8. The molecule has 1 aliphatic carbocycles. The summed E-state index contributed by atoms with van der Waals surface area (Å²) in [7, 11) is 2.21. The monoisotopic (exact) mass is 269 g/mol. The molecule has 1 amide bonds. The van der Waals surface area contributed by atoms with Crippen molar-refractivity contribution in [3.8, 4) is 0 Å². The Balaban J connectivity index is 2.11. The third kappa shape index (κ3) is 5.91. The second-order valence-electron chi connectivity index (χ2n) is 6.19. The molecule has 0 aromatic carbocycles. The van der Waals surface area contributed by atoms with Crippen LogP contribution in [0.1, 0.15) is 52.4 Å². The zero-order valence-corrected chi connectivity index (χ0v) is 12.8. The van der Waals surface area contributed by atoms with E-state index in [1.54, 1.807) is 0 Å². The van der Waals surface area contributed by atoms with Gasteiger partial charge in [-0.1, -0.05) is 33.1 Å². The molecule has 19 heavy (non-hydrogen) atoms. The van der Waals surface area contributed by atoms with Crippen LogP contribution in [0, 0.1) is 5.92 Å². The molecule has 0 unspecified atom stereocenters. The molecule has 0 bridgehead atoms. The maximum absolute atomic E-state index is 11.7. The van der Waals surface area contributed by atoms with Crippen LogP contribution in [0.5, 0.6) is 0 Å². The van der Waals surface area contributed by atoms with Gasteiger partial charge in [-0.05, 0) is 38.8 Å². The van der Waals surface area contributed by atoms with E-state index < -0.39 is 0 Å². The van der Waals surface area contributed by atoms with Gasteiger partial charge in [0, 0.05) is 12.6 Å². The second kappa shape index (κ2) is 8.54. The van der Waals surface area contributed by atoms with Crippen molar-refractivity contribution in [3.05, 3.63) is 0 Å². The van der Waals surface area contributed by atoms with E-state index in [2.05, 4.69) is 17.3 Å². The molecule has 1 rings (SSSR count). The average molecular weight is 269 g/mol. The van der Waals surface area contributed by atoms with Crippen LogP contribution in [-0.4, -0.2) is 43.0 Å². The van der Waals surface area contributed by atoms with E-state index in [9.17, 15) is 4.79 Å². The number of carbonyl (C=O) groups excluding carboxylic acids is 1. The fourth-order valence-electron chi connectivity index (χ4n) is 2.67. The van der Waals surface area contributed by atoms with E-state index in [1.807, 2.05) is 13.8 Å². The summed E-state index contributed by atoms with van der Waals surface area (Å²) in [6, 6.07) is 0.374. The van der Waals surface area contributed by atoms with Crippen LogP contribution < -0.4 is 11.1 Å². The molecule has 1 saturated carbocycles. The quantitative estimate of drug-likeness (QED) is 0.692. The first-order chi connectivity index (χ1) is 9.02. The van der Waals surface area contributed by atoms with Crippen molar-refractivity contribution in [2.45, 2.75) is 64.5 Å². The summed E-state index contributed by atoms with van der Waals surface area (Å²) in [5, 5.41) is 2.93. The molecule has 1 atom stereocenters. The minimum absolute atomic E-state index is 0.0182. The van der Waals surface area contributed by atoms with Crippen LogP contribution >= 0.6 is 0 Å². The highest BCUT2D eigenvalue weighted by atomic mass is 16.2. The Morgan fingerprint density at radius 2 is 1.95 bits per heavy atom. The summed E-state index contributed by atoms with van der Waals surface area (Å²) in [4.78, 5) is 14.1. The third-order valence-corrected chi connectivity index (χ3v) is 4.21. The van der Waals surface area contributed by atoms with E-state index in [0.29, 0.717) is 0 Å². The Kier molecular flexibility index (Phi) is 7.39. The summed E-state index contributed by atoms with van der Waals surface area (Å²) < 4.78 is 0. The molecule has 112 valence electrons. The first-order valence-corrected chi connectivity index (χ1v) is 7.76.